The molecule has 0 saturated carbocycles. The number of benzene rings is 1. The molecular weight excluding hydrogens is 290 g/mol. The van der Waals surface area contributed by atoms with Crippen LogP contribution in [0, 0.1) is 32.8 Å². The highest BCUT2D eigenvalue weighted by atomic mass is 79.9. The van der Waals surface area contributed by atoms with Crippen LogP contribution in [0.25, 0.3) is 0 Å². The van der Waals surface area contributed by atoms with Crippen LogP contribution in [0.15, 0.2) is 27.8 Å². The third-order valence-corrected chi connectivity index (χ3v) is 2.15. The number of hydrogen-bond acceptors (Lipinski definition) is 6. The van der Waals surface area contributed by atoms with Gasteiger partial charge >= 0.3 is 0 Å². The summed E-state index contributed by atoms with van der Waals surface area (Å²) in [6.45, 7) is 0. The summed E-state index contributed by atoms with van der Waals surface area (Å²) in [6.07, 6.45) is 0. The maximum atomic E-state index is 10.7. The molecule has 0 radical (unpaired) electrons. The molecule has 0 aliphatic carbocycles. The van der Waals surface area contributed by atoms with E-state index < -0.39 is 10.6 Å². The van der Waals surface area contributed by atoms with Gasteiger partial charge in [-0.3, -0.25) is 15.5 Å². The van der Waals surface area contributed by atoms with E-state index in [1.165, 1.54) is 30.3 Å². The number of nitro groups is 1. The number of nitrogens with zero attached hydrogens (tertiary/aromatic N) is 4. The third-order valence-electron chi connectivity index (χ3n) is 1.66. The Balaban J connectivity index is 3.11. The fraction of sp³-hybridized carbons (Fsp3) is 0. The summed E-state index contributed by atoms with van der Waals surface area (Å²) in [7, 11) is 0. The summed E-state index contributed by atoms with van der Waals surface area (Å²) in [6, 6.07) is 7.27. The molecule has 17 heavy (non-hydrogen) atoms. The lowest BCUT2D eigenvalue weighted by Crippen LogP contribution is -1.99. The number of rotatable bonds is 3. The summed E-state index contributed by atoms with van der Waals surface area (Å²) in [5.41, 5.74) is 1.78. The van der Waals surface area contributed by atoms with Crippen LogP contribution in [-0.4, -0.2) is 10.6 Å². The van der Waals surface area contributed by atoms with E-state index in [-0.39, 0.29) is 11.4 Å². The molecule has 7 nitrogen and oxygen atoms in total. The Hall–Kier alpha value is -2.45. The van der Waals surface area contributed by atoms with Gasteiger partial charge in [-0.2, -0.15) is 15.6 Å². The molecule has 0 heterocycles. The lowest BCUT2D eigenvalue weighted by atomic mass is 10.3. The number of halogens is 1. The number of anilines is 1. The standard InChI is InChI=1S/C9H4BrN5O2/c10-6-1-2-9(15(16)17)8(3-6)14-13-7(4-11)5-12/h1-3,14H. The second-order valence-electron chi connectivity index (χ2n) is 2.71. The fourth-order valence-corrected chi connectivity index (χ4v) is 1.31. The van der Waals surface area contributed by atoms with Gasteiger partial charge in [0.05, 0.1) is 4.92 Å². The molecule has 0 atom stereocenters. The van der Waals surface area contributed by atoms with Gasteiger partial charge in [-0.05, 0) is 12.1 Å². The van der Waals surface area contributed by atoms with Crippen molar-refractivity contribution in [1.29, 1.82) is 10.5 Å². The Morgan fingerprint density at radius 1 is 1.47 bits per heavy atom. The Labute approximate surface area is 104 Å². The van der Waals surface area contributed by atoms with E-state index in [1.807, 2.05) is 0 Å². The average molecular weight is 294 g/mol. The first-order valence-corrected chi connectivity index (χ1v) is 4.95. The van der Waals surface area contributed by atoms with Crippen LogP contribution in [0.3, 0.4) is 0 Å². The van der Waals surface area contributed by atoms with Crippen molar-refractivity contribution in [1.82, 2.24) is 0 Å². The first-order chi connectivity index (χ1) is 8.08. The monoisotopic (exact) mass is 293 g/mol. The molecule has 0 saturated heterocycles. The first-order valence-electron chi connectivity index (χ1n) is 4.16. The molecule has 1 aromatic rings. The predicted octanol–water partition coefficient (Wildman–Crippen LogP) is 2.17. The van der Waals surface area contributed by atoms with E-state index in [0.29, 0.717) is 4.47 Å². The first kappa shape index (κ1) is 12.6. The second kappa shape index (κ2) is 5.58. The minimum absolute atomic E-state index is 0.0902. The minimum Gasteiger partial charge on any atom is -0.270 e. The summed E-state index contributed by atoms with van der Waals surface area (Å²) < 4.78 is 0.608. The molecule has 1 rings (SSSR count). The van der Waals surface area contributed by atoms with E-state index in [9.17, 15) is 10.1 Å². The van der Waals surface area contributed by atoms with Crippen LogP contribution in [0.1, 0.15) is 0 Å². The molecule has 0 spiro atoms. The van der Waals surface area contributed by atoms with Crippen molar-refractivity contribution in [3.63, 3.8) is 0 Å². The van der Waals surface area contributed by atoms with Gasteiger partial charge in [-0.1, -0.05) is 15.9 Å². The van der Waals surface area contributed by atoms with Gasteiger partial charge < -0.3 is 0 Å². The molecule has 0 aromatic heterocycles. The highest BCUT2D eigenvalue weighted by Gasteiger charge is 2.13. The number of hydrazone groups is 1. The largest absolute Gasteiger partial charge is 0.294 e. The Bertz CT molecular complexity index is 554. The quantitative estimate of drug-likeness (QED) is 0.521. The summed E-state index contributed by atoms with van der Waals surface area (Å²) in [5, 5.41) is 31.0. The normalized spacial score (nSPS) is 8.65. The van der Waals surface area contributed by atoms with E-state index in [1.54, 1.807) is 0 Å². The fourth-order valence-electron chi connectivity index (χ4n) is 0.948. The predicted molar refractivity (Wildman–Crippen MR) is 63.1 cm³/mol. The Kier molecular flexibility index (Phi) is 4.14. The van der Waals surface area contributed by atoms with Crippen molar-refractivity contribution in [2.45, 2.75) is 0 Å². The van der Waals surface area contributed by atoms with E-state index in [4.69, 9.17) is 10.5 Å². The van der Waals surface area contributed by atoms with Gasteiger partial charge in [0.2, 0.25) is 5.71 Å². The molecule has 84 valence electrons. The van der Waals surface area contributed by atoms with Crippen molar-refractivity contribution in [3.8, 4) is 12.1 Å². The zero-order chi connectivity index (χ0) is 12.8. The second-order valence-corrected chi connectivity index (χ2v) is 3.63. The Morgan fingerprint density at radius 3 is 2.65 bits per heavy atom. The number of nitriles is 2. The number of nitrogens with one attached hydrogen (secondary N) is 1. The van der Waals surface area contributed by atoms with Crippen molar-refractivity contribution >= 4 is 33.0 Å². The van der Waals surface area contributed by atoms with Crippen LogP contribution in [-0.2, 0) is 0 Å². The summed E-state index contributed by atoms with van der Waals surface area (Å²) in [4.78, 5) is 10.1. The van der Waals surface area contributed by atoms with Crippen molar-refractivity contribution < 1.29 is 4.92 Å². The summed E-state index contributed by atoms with van der Waals surface area (Å²) >= 11 is 3.15. The lowest BCUT2D eigenvalue weighted by molar-refractivity contribution is -0.384. The molecule has 0 aliphatic rings. The van der Waals surface area contributed by atoms with Crippen molar-refractivity contribution in [2.24, 2.45) is 5.10 Å². The molecule has 1 aromatic carbocycles. The highest BCUT2D eigenvalue weighted by molar-refractivity contribution is 9.10. The van der Waals surface area contributed by atoms with Gasteiger partial charge in [0.15, 0.2) is 0 Å². The molecule has 0 aliphatic heterocycles. The topological polar surface area (TPSA) is 115 Å². The molecule has 0 fully saturated rings. The van der Waals surface area contributed by atoms with Gasteiger partial charge in [0, 0.05) is 10.5 Å². The van der Waals surface area contributed by atoms with Crippen LogP contribution in [0.5, 0.6) is 0 Å². The van der Waals surface area contributed by atoms with Gasteiger partial charge in [-0.25, -0.2) is 0 Å². The van der Waals surface area contributed by atoms with Crippen molar-refractivity contribution in [2.75, 3.05) is 5.43 Å². The number of nitro benzene ring substituents is 1. The van der Waals surface area contributed by atoms with E-state index in [0.717, 1.165) is 0 Å². The van der Waals surface area contributed by atoms with Gasteiger partial charge in [0.25, 0.3) is 5.69 Å². The highest BCUT2D eigenvalue weighted by Crippen LogP contribution is 2.27. The zero-order valence-electron chi connectivity index (χ0n) is 8.22. The molecular formula is C9H4BrN5O2. The number of hydrogen-bond donors (Lipinski definition) is 1. The maximum Gasteiger partial charge on any atom is 0.294 e. The van der Waals surface area contributed by atoms with Crippen LogP contribution < -0.4 is 5.43 Å². The smallest absolute Gasteiger partial charge is 0.270 e. The SMILES string of the molecule is N#CC(C#N)=NNc1cc(Br)ccc1[N+](=O)[O-]. The van der Waals surface area contributed by atoms with Crippen molar-refractivity contribution in [3.05, 3.63) is 32.8 Å². The Morgan fingerprint density at radius 2 is 2.12 bits per heavy atom. The van der Waals surface area contributed by atoms with E-state index in [2.05, 4.69) is 26.5 Å². The van der Waals surface area contributed by atoms with Crippen LogP contribution >= 0.6 is 15.9 Å². The molecule has 0 unspecified atom stereocenters. The zero-order valence-corrected chi connectivity index (χ0v) is 9.80. The summed E-state index contributed by atoms with van der Waals surface area (Å²) in [5.74, 6) is 0. The van der Waals surface area contributed by atoms with Gasteiger partial charge in [-0.15, -0.1) is 0 Å². The molecule has 8 heteroatoms. The minimum atomic E-state index is -0.595. The third kappa shape index (κ3) is 3.26. The van der Waals surface area contributed by atoms with Gasteiger partial charge in [0.1, 0.15) is 17.8 Å². The lowest BCUT2D eigenvalue weighted by Gasteiger charge is -2.01. The van der Waals surface area contributed by atoms with Crippen LogP contribution in [0.4, 0.5) is 11.4 Å². The average Bonchev–Trinajstić information content (AvgIpc) is 2.30. The molecule has 0 amide bonds. The molecule has 0 bridgehead atoms. The molecule has 1 N–H and O–H groups in total. The van der Waals surface area contributed by atoms with E-state index >= 15 is 0 Å². The van der Waals surface area contributed by atoms with Crippen LogP contribution in [0.2, 0.25) is 0 Å². The maximum absolute atomic E-state index is 10.7.